The van der Waals surface area contributed by atoms with Gasteiger partial charge in [-0.05, 0) is 19.4 Å². The molecule has 2 unspecified atom stereocenters. The maximum Gasteiger partial charge on any atom is 0.202 e. The molecule has 206 valence electrons. The van der Waals surface area contributed by atoms with E-state index in [2.05, 4.69) is 0 Å². The average molecular weight is 534 g/mol. The summed E-state index contributed by atoms with van der Waals surface area (Å²) in [5.41, 5.74) is 4.48. The molecule has 0 radical (unpaired) electrons. The normalized spacial score (nSPS) is 22.2. The maximum absolute atomic E-state index is 13.1. The zero-order chi connectivity index (χ0) is 28.3. The third kappa shape index (κ3) is 5.41. The highest BCUT2D eigenvalue weighted by atomic mass is 16.6. The van der Waals surface area contributed by atoms with Gasteiger partial charge in [-0.25, -0.2) is 0 Å². The summed E-state index contributed by atoms with van der Waals surface area (Å²) in [6.07, 6.45) is -1.83. The zero-order valence-electron chi connectivity index (χ0n) is 20.9. The molecule has 2 aromatic rings. The van der Waals surface area contributed by atoms with Crippen LogP contribution in [0.2, 0.25) is 0 Å². The van der Waals surface area contributed by atoms with Crippen molar-refractivity contribution >= 4 is 17.3 Å². The van der Waals surface area contributed by atoms with Gasteiger partial charge in [-0.2, -0.15) is 0 Å². The third-order valence-corrected chi connectivity index (χ3v) is 6.58. The molecule has 4 atom stereocenters. The molecular weight excluding hydrogens is 502 g/mol. The van der Waals surface area contributed by atoms with Crippen LogP contribution in [0.1, 0.15) is 62.7 Å². The number of aliphatic hydroxyl groups is 4. The fourth-order valence-corrected chi connectivity index (χ4v) is 4.54. The van der Waals surface area contributed by atoms with Crippen molar-refractivity contribution in [1.29, 1.82) is 0 Å². The number of aliphatic hydroxyl groups excluding tert-OH is 4. The topological polar surface area (TPSA) is 217 Å². The minimum absolute atomic E-state index is 0.0126. The highest BCUT2D eigenvalue weighted by molar-refractivity contribution is 6.31. The van der Waals surface area contributed by atoms with Crippen LogP contribution >= 0.6 is 0 Å². The van der Waals surface area contributed by atoms with E-state index in [0.29, 0.717) is 6.42 Å². The summed E-state index contributed by atoms with van der Waals surface area (Å²) in [5, 5.41) is 58.0. The standard InChI is InChI=1S/C20H18O8.C6H13NO3/c1-28-13-4-2-3-11-14(13)20(27)16-15(18(11)25)19(26)12(8-22)10(17(16)24)6-5-9(23)7-21;1-3-6(9)4(7)2-5(8)10-3/h2-4,21-22,24,26H,5-8H2,1H3;3-6,8-9H,2,7H2,1H3/t;3?,4-,5?,6+/m.0/s1. The van der Waals surface area contributed by atoms with E-state index in [4.69, 9.17) is 25.4 Å². The number of fused-ring (bicyclic) bond motifs is 2. The summed E-state index contributed by atoms with van der Waals surface area (Å²) < 4.78 is 10.0. The van der Waals surface area contributed by atoms with Gasteiger partial charge in [-0.1, -0.05) is 12.1 Å². The number of carbonyl (C=O) groups excluding carboxylic acids is 3. The molecule has 0 saturated carbocycles. The van der Waals surface area contributed by atoms with Crippen LogP contribution in [0.15, 0.2) is 18.2 Å². The second-order valence-electron chi connectivity index (χ2n) is 8.99. The van der Waals surface area contributed by atoms with Gasteiger partial charge in [0, 0.05) is 35.6 Å². The predicted molar refractivity (Wildman–Crippen MR) is 131 cm³/mol. The predicted octanol–water partition coefficient (Wildman–Crippen LogP) is -0.330. The number of rotatable bonds is 6. The molecule has 4 rings (SSSR count). The molecule has 0 aromatic heterocycles. The van der Waals surface area contributed by atoms with E-state index < -0.39 is 65.6 Å². The minimum atomic E-state index is -0.812. The lowest BCUT2D eigenvalue weighted by molar-refractivity contribution is -0.198. The van der Waals surface area contributed by atoms with Crippen molar-refractivity contribution in [3.8, 4) is 17.2 Å². The Labute approximate surface area is 217 Å². The van der Waals surface area contributed by atoms with Gasteiger partial charge in [-0.3, -0.25) is 14.4 Å². The fourth-order valence-electron chi connectivity index (χ4n) is 4.54. The summed E-state index contributed by atoms with van der Waals surface area (Å²) in [6.45, 7) is 0.267. The molecule has 2 aromatic carbocycles. The van der Waals surface area contributed by atoms with Crippen LogP contribution in [0.25, 0.3) is 0 Å². The number of methoxy groups -OCH3 is 1. The van der Waals surface area contributed by atoms with E-state index in [1.807, 2.05) is 0 Å². The van der Waals surface area contributed by atoms with E-state index in [9.17, 15) is 34.8 Å². The Morgan fingerprint density at radius 1 is 1.05 bits per heavy atom. The van der Waals surface area contributed by atoms with Gasteiger partial charge in [0.25, 0.3) is 0 Å². The number of ether oxygens (including phenoxy) is 2. The first-order chi connectivity index (χ1) is 18.0. The Bertz CT molecular complexity index is 1230. The third-order valence-electron chi connectivity index (χ3n) is 6.58. The van der Waals surface area contributed by atoms with Crippen molar-refractivity contribution in [2.75, 3.05) is 13.7 Å². The number of phenols is 2. The van der Waals surface area contributed by atoms with Gasteiger partial charge in [0.2, 0.25) is 5.78 Å². The van der Waals surface area contributed by atoms with Gasteiger partial charge in [0.1, 0.15) is 23.9 Å². The van der Waals surface area contributed by atoms with Crippen LogP contribution in [0.4, 0.5) is 0 Å². The van der Waals surface area contributed by atoms with Crippen molar-refractivity contribution in [2.45, 2.75) is 57.3 Å². The Morgan fingerprint density at radius 2 is 1.68 bits per heavy atom. The molecule has 38 heavy (non-hydrogen) atoms. The number of hydrogen-bond acceptors (Lipinski definition) is 12. The highest BCUT2D eigenvalue weighted by Crippen LogP contribution is 2.45. The van der Waals surface area contributed by atoms with Crippen molar-refractivity contribution in [2.24, 2.45) is 5.73 Å². The number of aromatic hydroxyl groups is 2. The molecule has 1 aliphatic heterocycles. The molecule has 2 aliphatic rings. The van der Waals surface area contributed by atoms with E-state index in [1.165, 1.54) is 25.3 Å². The molecule has 0 bridgehead atoms. The van der Waals surface area contributed by atoms with Crippen molar-refractivity contribution in [3.05, 3.63) is 51.6 Å². The molecule has 8 N–H and O–H groups in total. The molecule has 1 saturated heterocycles. The van der Waals surface area contributed by atoms with Crippen LogP contribution < -0.4 is 10.5 Å². The molecule has 0 amide bonds. The highest BCUT2D eigenvalue weighted by Gasteiger charge is 2.39. The molecule has 12 heteroatoms. The van der Waals surface area contributed by atoms with Gasteiger partial charge in [-0.15, -0.1) is 0 Å². The minimum Gasteiger partial charge on any atom is -0.507 e. The molecule has 0 spiro atoms. The summed E-state index contributed by atoms with van der Waals surface area (Å²) in [7, 11) is 1.33. The summed E-state index contributed by atoms with van der Waals surface area (Å²) in [6, 6.07) is 4.06. The summed E-state index contributed by atoms with van der Waals surface area (Å²) in [4.78, 5) is 37.5. The van der Waals surface area contributed by atoms with Crippen LogP contribution in [-0.4, -0.2) is 86.2 Å². The summed E-state index contributed by atoms with van der Waals surface area (Å²) >= 11 is 0. The zero-order valence-corrected chi connectivity index (χ0v) is 20.9. The average Bonchev–Trinajstić information content (AvgIpc) is 2.89. The van der Waals surface area contributed by atoms with Crippen LogP contribution in [-0.2, 0) is 22.6 Å². The maximum atomic E-state index is 13.1. The van der Waals surface area contributed by atoms with Gasteiger partial charge in [0.15, 0.2) is 17.9 Å². The lowest BCUT2D eigenvalue weighted by Gasteiger charge is -2.33. The first kappa shape index (κ1) is 29.2. The van der Waals surface area contributed by atoms with Crippen LogP contribution in [0, 0.1) is 0 Å². The number of benzene rings is 2. The quantitative estimate of drug-likeness (QED) is 0.203. The van der Waals surface area contributed by atoms with Crippen molar-refractivity contribution < 1.29 is 54.5 Å². The molecule has 12 nitrogen and oxygen atoms in total. The Kier molecular flexibility index (Phi) is 9.20. The second-order valence-corrected chi connectivity index (χ2v) is 8.99. The monoisotopic (exact) mass is 533 g/mol. The van der Waals surface area contributed by atoms with Gasteiger partial charge in [0.05, 0.1) is 42.6 Å². The fraction of sp³-hybridized carbons (Fsp3) is 0.423. The van der Waals surface area contributed by atoms with E-state index in [1.54, 1.807) is 6.92 Å². The Hall–Kier alpha value is -3.39. The lowest BCUT2D eigenvalue weighted by Crippen LogP contribution is -2.51. The molecule has 1 heterocycles. The first-order valence-electron chi connectivity index (χ1n) is 11.8. The smallest absolute Gasteiger partial charge is 0.202 e. The van der Waals surface area contributed by atoms with E-state index >= 15 is 0 Å². The number of ketones is 3. The van der Waals surface area contributed by atoms with E-state index in [-0.39, 0.29) is 53.0 Å². The summed E-state index contributed by atoms with van der Waals surface area (Å²) in [5.74, 6) is -2.98. The van der Waals surface area contributed by atoms with Crippen LogP contribution in [0.5, 0.6) is 17.2 Å². The van der Waals surface area contributed by atoms with E-state index in [0.717, 1.165) is 0 Å². The molecular formula is C26H31NO11. The Balaban J connectivity index is 0.000000336. The molecule has 1 fully saturated rings. The van der Waals surface area contributed by atoms with Gasteiger partial charge < -0.3 is 45.8 Å². The van der Waals surface area contributed by atoms with Gasteiger partial charge >= 0.3 is 0 Å². The SMILES string of the molecule is CC1OC(O)C[C@H](N)[C@@H]1O.COc1cccc2c1C(=O)c1c(O)c(CCC(=O)CO)c(CO)c(O)c1C2=O. The first-order valence-corrected chi connectivity index (χ1v) is 11.8. The second kappa shape index (κ2) is 12.0. The Morgan fingerprint density at radius 3 is 2.26 bits per heavy atom. The number of Topliss-reactive ketones (excluding diaryl/α,β-unsaturated/α-hetero) is 1. The number of phenolic OH excluding ortho intramolecular Hbond substituents is 1. The van der Waals surface area contributed by atoms with Crippen molar-refractivity contribution in [1.82, 2.24) is 0 Å². The number of nitrogens with two attached hydrogens (primary N) is 1. The molecule has 1 aliphatic carbocycles. The van der Waals surface area contributed by atoms with Crippen LogP contribution in [0.3, 0.4) is 0 Å². The lowest BCUT2D eigenvalue weighted by atomic mass is 9.79. The number of carbonyl (C=O) groups is 3. The largest absolute Gasteiger partial charge is 0.507 e. The van der Waals surface area contributed by atoms with Crippen molar-refractivity contribution in [3.63, 3.8) is 0 Å². The number of hydrogen-bond donors (Lipinski definition) is 7.